The fourth-order valence-corrected chi connectivity index (χ4v) is 5.89. The molecule has 4 aromatic rings. The summed E-state index contributed by atoms with van der Waals surface area (Å²) in [6.07, 6.45) is 7.58. The first kappa shape index (κ1) is 24.9. The highest BCUT2D eigenvalue weighted by atomic mass is 16.5. The van der Waals surface area contributed by atoms with Gasteiger partial charge in [0.1, 0.15) is 17.0 Å². The maximum absolute atomic E-state index is 13.5. The lowest BCUT2D eigenvalue weighted by molar-refractivity contribution is -0.128. The molecular weight excluding hydrogens is 494 g/mol. The quantitative estimate of drug-likeness (QED) is 0.400. The molecule has 39 heavy (non-hydrogen) atoms. The van der Waals surface area contributed by atoms with Crippen LogP contribution in [0.25, 0.3) is 22.6 Å². The molecule has 2 aliphatic heterocycles. The second-order valence-electron chi connectivity index (χ2n) is 10.4. The molecule has 200 valence electrons. The SMILES string of the molecule is CCOc1ccccc1C=CC(=O)N1CCC2(CC1)CCN(C(=O)c1cnn3c1[nH]c(=O)c1ccccc13)C2. The summed E-state index contributed by atoms with van der Waals surface area (Å²) in [5.41, 5.74) is 2.13. The third kappa shape index (κ3) is 4.58. The van der Waals surface area contributed by atoms with Gasteiger partial charge < -0.3 is 19.5 Å². The maximum Gasteiger partial charge on any atom is 0.259 e. The Morgan fingerprint density at radius 1 is 1.03 bits per heavy atom. The summed E-state index contributed by atoms with van der Waals surface area (Å²) in [5.74, 6) is 0.632. The van der Waals surface area contributed by atoms with Crippen molar-refractivity contribution in [1.29, 1.82) is 0 Å². The largest absolute Gasteiger partial charge is 0.493 e. The van der Waals surface area contributed by atoms with Gasteiger partial charge in [-0.3, -0.25) is 14.4 Å². The van der Waals surface area contributed by atoms with Gasteiger partial charge in [0.05, 0.1) is 23.7 Å². The third-order valence-electron chi connectivity index (χ3n) is 8.09. The number of H-pyrrole nitrogens is 1. The van der Waals surface area contributed by atoms with Gasteiger partial charge >= 0.3 is 0 Å². The van der Waals surface area contributed by atoms with Gasteiger partial charge in [-0.25, -0.2) is 4.52 Å². The number of benzene rings is 2. The fourth-order valence-electron chi connectivity index (χ4n) is 5.89. The Bertz CT molecular complexity index is 1640. The zero-order valence-electron chi connectivity index (χ0n) is 21.9. The van der Waals surface area contributed by atoms with Crippen LogP contribution < -0.4 is 10.3 Å². The minimum absolute atomic E-state index is 0.000787. The second kappa shape index (κ2) is 10.1. The zero-order valence-corrected chi connectivity index (χ0v) is 21.9. The van der Waals surface area contributed by atoms with Crippen LogP contribution in [0.1, 0.15) is 42.1 Å². The Kier molecular flexibility index (Phi) is 6.42. The van der Waals surface area contributed by atoms with Crippen LogP contribution in [0.4, 0.5) is 0 Å². The molecule has 2 fully saturated rings. The Morgan fingerprint density at radius 3 is 2.54 bits per heavy atom. The number of rotatable bonds is 5. The Balaban J connectivity index is 1.12. The van der Waals surface area contributed by atoms with Crippen LogP contribution in [-0.4, -0.2) is 69.0 Å². The average Bonchev–Trinajstić information content (AvgIpc) is 3.57. The van der Waals surface area contributed by atoms with Gasteiger partial charge in [0.25, 0.3) is 11.5 Å². The number of likely N-dealkylation sites (tertiary alicyclic amines) is 2. The number of fused-ring (bicyclic) bond motifs is 3. The normalized spacial score (nSPS) is 17.1. The first-order valence-electron chi connectivity index (χ1n) is 13.4. The molecule has 0 aliphatic carbocycles. The van der Waals surface area contributed by atoms with E-state index in [0.29, 0.717) is 54.9 Å². The molecule has 2 amide bonds. The summed E-state index contributed by atoms with van der Waals surface area (Å²) in [6.45, 7) is 5.12. The van der Waals surface area contributed by atoms with E-state index in [2.05, 4.69) is 10.1 Å². The number of carbonyl (C=O) groups excluding carboxylic acids is 2. The molecule has 6 rings (SSSR count). The zero-order chi connectivity index (χ0) is 27.0. The van der Waals surface area contributed by atoms with Crippen molar-refractivity contribution in [3.63, 3.8) is 0 Å². The average molecular weight is 526 g/mol. The molecule has 2 aliphatic rings. The van der Waals surface area contributed by atoms with Crippen molar-refractivity contribution in [2.45, 2.75) is 26.2 Å². The lowest BCUT2D eigenvalue weighted by Crippen LogP contribution is -2.44. The highest BCUT2D eigenvalue weighted by molar-refractivity contribution is 6.00. The molecule has 0 radical (unpaired) electrons. The second-order valence-corrected chi connectivity index (χ2v) is 10.4. The monoisotopic (exact) mass is 525 g/mol. The van der Waals surface area contributed by atoms with Gasteiger partial charge in [0.15, 0.2) is 0 Å². The van der Waals surface area contributed by atoms with Gasteiger partial charge in [-0.2, -0.15) is 5.10 Å². The molecule has 0 saturated carbocycles. The number of aromatic nitrogens is 3. The van der Waals surface area contributed by atoms with Crippen LogP contribution in [0.3, 0.4) is 0 Å². The number of ether oxygens (including phenoxy) is 1. The van der Waals surface area contributed by atoms with Crippen molar-refractivity contribution in [3.8, 4) is 5.75 Å². The minimum Gasteiger partial charge on any atom is -0.493 e. The number of hydrogen-bond donors (Lipinski definition) is 1. The lowest BCUT2D eigenvalue weighted by atomic mass is 9.78. The van der Waals surface area contributed by atoms with Gasteiger partial charge in [0.2, 0.25) is 5.91 Å². The molecule has 1 N–H and O–H groups in total. The number of para-hydroxylation sites is 2. The van der Waals surface area contributed by atoms with E-state index in [-0.39, 0.29) is 22.8 Å². The lowest BCUT2D eigenvalue weighted by Gasteiger charge is -2.38. The summed E-state index contributed by atoms with van der Waals surface area (Å²) in [4.78, 5) is 45.7. The van der Waals surface area contributed by atoms with Crippen molar-refractivity contribution < 1.29 is 14.3 Å². The summed E-state index contributed by atoms with van der Waals surface area (Å²) in [6, 6.07) is 14.9. The maximum atomic E-state index is 13.5. The number of amides is 2. The number of carbonyl (C=O) groups is 2. The molecule has 2 aromatic carbocycles. The number of aromatic amines is 1. The molecule has 0 bridgehead atoms. The first-order chi connectivity index (χ1) is 19.0. The standard InChI is InChI=1S/C30H31N5O4/c1-2-39-25-10-6-3-7-21(25)11-12-26(36)33-16-13-30(14-17-33)15-18-34(20-30)29(38)23-19-31-35-24-9-5-4-8-22(24)28(37)32-27(23)35/h3-12,19H,2,13-18,20H2,1H3,(H,32,37). The van der Waals surface area contributed by atoms with E-state index in [1.165, 1.54) is 0 Å². The molecule has 0 unspecified atom stereocenters. The van der Waals surface area contributed by atoms with Crippen LogP contribution in [0, 0.1) is 5.41 Å². The van der Waals surface area contributed by atoms with E-state index in [9.17, 15) is 14.4 Å². The molecule has 1 spiro atoms. The minimum atomic E-state index is -0.238. The highest BCUT2D eigenvalue weighted by Gasteiger charge is 2.43. The van der Waals surface area contributed by atoms with Crippen molar-refractivity contribution in [3.05, 3.63) is 82.3 Å². The van der Waals surface area contributed by atoms with E-state index >= 15 is 0 Å². The topological polar surface area (TPSA) is 100 Å². The predicted octanol–water partition coefficient (Wildman–Crippen LogP) is 3.74. The third-order valence-corrected chi connectivity index (χ3v) is 8.09. The Hall–Kier alpha value is -4.40. The van der Waals surface area contributed by atoms with E-state index < -0.39 is 0 Å². The highest BCUT2D eigenvalue weighted by Crippen LogP contribution is 2.41. The van der Waals surface area contributed by atoms with E-state index in [1.54, 1.807) is 28.9 Å². The number of hydrogen-bond acceptors (Lipinski definition) is 5. The van der Waals surface area contributed by atoms with Crippen molar-refractivity contribution in [2.75, 3.05) is 32.8 Å². The fraction of sp³-hybridized carbons (Fsp3) is 0.333. The van der Waals surface area contributed by atoms with Crippen LogP contribution in [0.5, 0.6) is 5.75 Å². The molecule has 4 heterocycles. The van der Waals surface area contributed by atoms with E-state index in [0.717, 1.165) is 30.6 Å². The van der Waals surface area contributed by atoms with Gasteiger partial charge in [0, 0.05) is 37.8 Å². The van der Waals surface area contributed by atoms with Gasteiger partial charge in [-0.1, -0.05) is 30.3 Å². The predicted molar refractivity (Wildman–Crippen MR) is 149 cm³/mol. The number of nitrogens with one attached hydrogen (secondary N) is 1. The number of nitrogens with zero attached hydrogens (tertiary/aromatic N) is 4. The Morgan fingerprint density at radius 2 is 1.74 bits per heavy atom. The molecule has 0 atom stereocenters. The van der Waals surface area contributed by atoms with Crippen molar-refractivity contribution >= 4 is 34.4 Å². The summed E-state index contributed by atoms with van der Waals surface area (Å²) < 4.78 is 7.28. The summed E-state index contributed by atoms with van der Waals surface area (Å²) in [5, 5.41) is 4.94. The van der Waals surface area contributed by atoms with Crippen LogP contribution in [-0.2, 0) is 4.79 Å². The molecule has 2 aromatic heterocycles. The van der Waals surface area contributed by atoms with E-state index in [4.69, 9.17) is 4.74 Å². The summed E-state index contributed by atoms with van der Waals surface area (Å²) in [7, 11) is 0. The van der Waals surface area contributed by atoms with Gasteiger partial charge in [-0.05, 0) is 55.9 Å². The van der Waals surface area contributed by atoms with Crippen LogP contribution >= 0.6 is 0 Å². The van der Waals surface area contributed by atoms with Gasteiger partial charge in [-0.15, -0.1) is 0 Å². The smallest absolute Gasteiger partial charge is 0.259 e. The Labute approximate surface area is 225 Å². The summed E-state index contributed by atoms with van der Waals surface area (Å²) >= 11 is 0. The molecule has 2 saturated heterocycles. The molecule has 9 heteroatoms. The molecular formula is C30H31N5O4. The number of piperidine rings is 1. The van der Waals surface area contributed by atoms with Crippen LogP contribution in [0.2, 0.25) is 0 Å². The van der Waals surface area contributed by atoms with Crippen molar-refractivity contribution in [1.82, 2.24) is 24.4 Å². The molecule has 9 nitrogen and oxygen atoms in total. The van der Waals surface area contributed by atoms with E-state index in [1.807, 2.05) is 59.2 Å². The first-order valence-corrected chi connectivity index (χ1v) is 13.4. The van der Waals surface area contributed by atoms with Crippen LogP contribution in [0.15, 0.2) is 65.6 Å². The van der Waals surface area contributed by atoms with Crippen molar-refractivity contribution in [2.24, 2.45) is 5.41 Å².